The second-order valence-electron chi connectivity index (χ2n) is 4.49. The van der Waals surface area contributed by atoms with Crippen LogP contribution in [-0.2, 0) is 0 Å². The molecule has 20 heavy (non-hydrogen) atoms. The van der Waals surface area contributed by atoms with Gasteiger partial charge in [-0.05, 0) is 65.4 Å². The van der Waals surface area contributed by atoms with Crippen LogP contribution in [0, 0.1) is 10.5 Å². The molecule has 0 amide bonds. The van der Waals surface area contributed by atoms with Crippen molar-refractivity contribution < 1.29 is 0 Å². The largest absolute Gasteiger partial charge is 0.369 e. The van der Waals surface area contributed by atoms with Gasteiger partial charge in [0.05, 0.1) is 21.7 Å². The number of nitrogens with two attached hydrogens (primary N) is 1. The second kappa shape index (κ2) is 5.09. The molecule has 0 unspecified atom stereocenters. The van der Waals surface area contributed by atoms with Crippen molar-refractivity contribution in [3.63, 3.8) is 0 Å². The fourth-order valence-electron chi connectivity index (χ4n) is 2.13. The fourth-order valence-corrected chi connectivity index (χ4v) is 3.07. The predicted molar refractivity (Wildman–Crippen MR) is 93.0 cm³/mol. The van der Waals surface area contributed by atoms with Crippen molar-refractivity contribution in [2.45, 2.75) is 6.92 Å². The fraction of sp³-hybridized carbons (Fsp3) is 0.0714. The van der Waals surface area contributed by atoms with Crippen LogP contribution in [0.25, 0.3) is 16.7 Å². The number of halogens is 3. The number of hydrogen-bond acceptors (Lipinski definition) is 2. The first-order chi connectivity index (χ1) is 9.47. The van der Waals surface area contributed by atoms with E-state index in [0.29, 0.717) is 16.0 Å². The summed E-state index contributed by atoms with van der Waals surface area (Å²) in [7, 11) is 0. The molecule has 3 nitrogen and oxygen atoms in total. The number of aryl methyl sites for hydroxylation is 1. The lowest BCUT2D eigenvalue weighted by Gasteiger charge is -2.11. The summed E-state index contributed by atoms with van der Waals surface area (Å²) in [5, 5.41) is 1.24. The Morgan fingerprint density at radius 2 is 1.90 bits per heavy atom. The average Bonchev–Trinajstić information content (AvgIpc) is 2.69. The Bertz CT molecular complexity index is 827. The number of imidazole rings is 1. The summed E-state index contributed by atoms with van der Waals surface area (Å²) >= 11 is 14.8. The molecule has 0 saturated heterocycles. The zero-order chi connectivity index (χ0) is 14.4. The van der Waals surface area contributed by atoms with Crippen LogP contribution >= 0.6 is 45.8 Å². The molecule has 2 N–H and O–H groups in total. The summed E-state index contributed by atoms with van der Waals surface area (Å²) in [4.78, 5) is 4.38. The highest BCUT2D eigenvalue weighted by molar-refractivity contribution is 14.1. The van der Waals surface area contributed by atoms with Crippen LogP contribution in [0.15, 0.2) is 30.3 Å². The van der Waals surface area contributed by atoms with Crippen molar-refractivity contribution in [1.29, 1.82) is 0 Å². The smallest absolute Gasteiger partial charge is 0.205 e. The van der Waals surface area contributed by atoms with E-state index in [-0.39, 0.29) is 0 Å². The highest BCUT2D eigenvalue weighted by Crippen LogP contribution is 2.32. The molecule has 0 aliphatic rings. The van der Waals surface area contributed by atoms with E-state index in [4.69, 9.17) is 28.9 Å². The summed E-state index contributed by atoms with van der Waals surface area (Å²) in [5.41, 5.74) is 9.45. The van der Waals surface area contributed by atoms with Crippen LogP contribution in [0.1, 0.15) is 5.56 Å². The van der Waals surface area contributed by atoms with Crippen molar-refractivity contribution in [2.75, 3.05) is 5.73 Å². The quantitative estimate of drug-likeness (QED) is 0.576. The highest BCUT2D eigenvalue weighted by atomic mass is 127. The van der Waals surface area contributed by atoms with E-state index in [1.165, 1.54) is 0 Å². The van der Waals surface area contributed by atoms with E-state index < -0.39 is 0 Å². The molecule has 0 bridgehead atoms. The normalized spacial score (nSPS) is 11.2. The zero-order valence-electron chi connectivity index (χ0n) is 10.5. The number of hydrogen-bond donors (Lipinski definition) is 1. The molecule has 0 fully saturated rings. The van der Waals surface area contributed by atoms with Crippen LogP contribution in [0.2, 0.25) is 10.0 Å². The van der Waals surface area contributed by atoms with E-state index in [9.17, 15) is 0 Å². The van der Waals surface area contributed by atoms with Gasteiger partial charge in [0, 0.05) is 8.59 Å². The molecule has 0 atom stereocenters. The minimum absolute atomic E-state index is 0.392. The van der Waals surface area contributed by atoms with E-state index in [0.717, 1.165) is 25.9 Å². The van der Waals surface area contributed by atoms with E-state index in [2.05, 4.69) is 27.6 Å². The molecule has 1 aromatic heterocycles. The zero-order valence-corrected chi connectivity index (χ0v) is 14.2. The molecule has 2 aromatic carbocycles. The number of rotatable bonds is 1. The van der Waals surface area contributed by atoms with Gasteiger partial charge in [-0.1, -0.05) is 23.2 Å². The predicted octanol–water partition coefficient (Wildman–Crippen LogP) is 4.83. The number of nitrogen functional groups attached to an aromatic ring is 1. The molecule has 3 aromatic rings. The van der Waals surface area contributed by atoms with Crippen molar-refractivity contribution >= 4 is 62.8 Å². The summed E-state index contributed by atoms with van der Waals surface area (Å²) in [6, 6.07) is 9.60. The number of fused-ring (bicyclic) bond motifs is 1. The Kier molecular flexibility index (Phi) is 3.56. The third-order valence-electron chi connectivity index (χ3n) is 3.11. The molecule has 0 aliphatic carbocycles. The van der Waals surface area contributed by atoms with Crippen LogP contribution in [0.4, 0.5) is 5.95 Å². The maximum atomic E-state index is 6.33. The third-order valence-corrected chi connectivity index (χ3v) is 4.49. The van der Waals surface area contributed by atoms with Gasteiger partial charge in [-0.3, -0.25) is 4.57 Å². The SMILES string of the molecule is Cc1cc(Cl)c(-n2c(N)nc3cc(I)ccc32)cc1Cl. The Balaban J connectivity index is 2.35. The van der Waals surface area contributed by atoms with Gasteiger partial charge in [-0.15, -0.1) is 0 Å². The first-order valence-corrected chi connectivity index (χ1v) is 7.70. The van der Waals surface area contributed by atoms with Crippen LogP contribution in [0.5, 0.6) is 0 Å². The number of anilines is 1. The van der Waals surface area contributed by atoms with E-state index in [1.807, 2.05) is 41.8 Å². The van der Waals surface area contributed by atoms with Gasteiger partial charge in [0.15, 0.2) is 0 Å². The number of aromatic nitrogens is 2. The van der Waals surface area contributed by atoms with Crippen LogP contribution in [-0.4, -0.2) is 9.55 Å². The molecule has 0 spiro atoms. The van der Waals surface area contributed by atoms with Gasteiger partial charge in [-0.25, -0.2) is 4.98 Å². The van der Waals surface area contributed by atoms with Gasteiger partial charge in [0.25, 0.3) is 0 Å². The molecule has 6 heteroatoms. The van der Waals surface area contributed by atoms with Crippen molar-refractivity contribution in [3.8, 4) is 5.69 Å². The highest BCUT2D eigenvalue weighted by Gasteiger charge is 2.14. The monoisotopic (exact) mass is 417 g/mol. The molecular formula is C14H10Cl2IN3. The minimum Gasteiger partial charge on any atom is -0.369 e. The Labute approximate surface area is 139 Å². The van der Waals surface area contributed by atoms with Gasteiger partial charge in [0.1, 0.15) is 0 Å². The molecule has 0 saturated carbocycles. The second-order valence-corrected chi connectivity index (χ2v) is 6.55. The van der Waals surface area contributed by atoms with Crippen molar-refractivity contribution in [1.82, 2.24) is 9.55 Å². The van der Waals surface area contributed by atoms with Gasteiger partial charge < -0.3 is 5.73 Å². The lowest BCUT2D eigenvalue weighted by molar-refractivity contribution is 1.11. The number of nitrogens with zero attached hydrogens (tertiary/aromatic N) is 2. The third kappa shape index (κ3) is 2.25. The molecule has 102 valence electrons. The standard InChI is InChI=1S/C14H10Cl2IN3/c1-7-4-10(16)13(6-9(7)15)20-12-3-2-8(17)5-11(12)19-14(20)18/h2-6H,1H3,(H2,18,19). The van der Waals surface area contributed by atoms with Crippen molar-refractivity contribution in [3.05, 3.63) is 49.5 Å². The summed E-state index contributed by atoms with van der Waals surface area (Å²) < 4.78 is 2.92. The summed E-state index contributed by atoms with van der Waals surface area (Å²) in [5.74, 6) is 0.392. The molecule has 0 aliphatic heterocycles. The van der Waals surface area contributed by atoms with E-state index in [1.54, 1.807) is 0 Å². The molecule has 0 radical (unpaired) electrons. The van der Waals surface area contributed by atoms with Crippen LogP contribution < -0.4 is 5.73 Å². The lowest BCUT2D eigenvalue weighted by atomic mass is 10.2. The lowest BCUT2D eigenvalue weighted by Crippen LogP contribution is -2.01. The molecular weight excluding hydrogens is 408 g/mol. The maximum absolute atomic E-state index is 6.33. The topological polar surface area (TPSA) is 43.8 Å². The Hall–Kier alpha value is -0.980. The maximum Gasteiger partial charge on any atom is 0.205 e. The first-order valence-electron chi connectivity index (χ1n) is 5.87. The van der Waals surface area contributed by atoms with Crippen LogP contribution in [0.3, 0.4) is 0 Å². The molecule has 1 heterocycles. The van der Waals surface area contributed by atoms with Crippen molar-refractivity contribution in [2.24, 2.45) is 0 Å². The van der Waals surface area contributed by atoms with Gasteiger partial charge in [-0.2, -0.15) is 0 Å². The molecule has 3 rings (SSSR count). The van der Waals surface area contributed by atoms with Gasteiger partial charge in [0.2, 0.25) is 5.95 Å². The minimum atomic E-state index is 0.392. The number of benzene rings is 2. The van der Waals surface area contributed by atoms with E-state index >= 15 is 0 Å². The Morgan fingerprint density at radius 1 is 1.15 bits per heavy atom. The first kappa shape index (κ1) is 14.0. The summed E-state index contributed by atoms with van der Waals surface area (Å²) in [6.07, 6.45) is 0. The summed E-state index contributed by atoms with van der Waals surface area (Å²) in [6.45, 7) is 1.91. The average molecular weight is 418 g/mol. The Morgan fingerprint density at radius 3 is 2.65 bits per heavy atom. The van der Waals surface area contributed by atoms with Gasteiger partial charge >= 0.3 is 0 Å².